The van der Waals surface area contributed by atoms with Gasteiger partial charge in [-0.05, 0) is 38.1 Å². The zero-order valence-electron chi connectivity index (χ0n) is 14.0. The summed E-state index contributed by atoms with van der Waals surface area (Å²) < 4.78 is 2.08. The SMILES string of the molecule is O=[N+]([O-])c1ccc2c(c1)c1ccccc1n2CC(O)CN1CCCC1. The first-order valence-corrected chi connectivity index (χ1v) is 8.69. The van der Waals surface area contributed by atoms with E-state index >= 15 is 0 Å². The van der Waals surface area contributed by atoms with Gasteiger partial charge in [0.1, 0.15) is 0 Å². The van der Waals surface area contributed by atoms with Crippen molar-refractivity contribution in [2.24, 2.45) is 0 Å². The highest BCUT2D eigenvalue weighted by molar-refractivity contribution is 6.08. The molecule has 4 rings (SSSR count). The number of nitrogens with zero attached hydrogens (tertiary/aromatic N) is 3. The van der Waals surface area contributed by atoms with Crippen LogP contribution in [0.15, 0.2) is 42.5 Å². The third kappa shape index (κ3) is 2.99. The number of hydrogen-bond acceptors (Lipinski definition) is 4. The lowest BCUT2D eigenvalue weighted by Crippen LogP contribution is -2.32. The molecule has 0 saturated carbocycles. The Morgan fingerprint density at radius 2 is 1.76 bits per heavy atom. The maximum atomic E-state index is 11.1. The molecule has 1 fully saturated rings. The number of fused-ring (bicyclic) bond motifs is 3. The molecule has 0 aliphatic carbocycles. The van der Waals surface area contributed by atoms with E-state index in [9.17, 15) is 15.2 Å². The van der Waals surface area contributed by atoms with Crippen LogP contribution in [0.25, 0.3) is 21.8 Å². The molecular weight excluding hydrogens is 318 g/mol. The van der Waals surface area contributed by atoms with Crippen LogP contribution in [0.1, 0.15) is 12.8 Å². The number of aliphatic hydroxyl groups is 1. The summed E-state index contributed by atoms with van der Waals surface area (Å²) >= 11 is 0. The van der Waals surface area contributed by atoms with E-state index in [4.69, 9.17) is 0 Å². The predicted molar refractivity (Wildman–Crippen MR) is 97.8 cm³/mol. The molecule has 0 radical (unpaired) electrons. The van der Waals surface area contributed by atoms with E-state index in [-0.39, 0.29) is 10.6 Å². The maximum Gasteiger partial charge on any atom is 0.270 e. The van der Waals surface area contributed by atoms with Crippen LogP contribution < -0.4 is 0 Å². The van der Waals surface area contributed by atoms with E-state index in [1.54, 1.807) is 12.1 Å². The van der Waals surface area contributed by atoms with E-state index in [0.29, 0.717) is 13.1 Å². The monoisotopic (exact) mass is 339 g/mol. The van der Waals surface area contributed by atoms with Gasteiger partial charge in [-0.3, -0.25) is 10.1 Å². The number of non-ortho nitro benzene ring substituents is 1. The largest absolute Gasteiger partial charge is 0.390 e. The van der Waals surface area contributed by atoms with Gasteiger partial charge in [0.25, 0.3) is 5.69 Å². The van der Waals surface area contributed by atoms with Crippen LogP contribution in [-0.4, -0.2) is 45.2 Å². The van der Waals surface area contributed by atoms with Gasteiger partial charge in [-0.1, -0.05) is 18.2 Å². The summed E-state index contributed by atoms with van der Waals surface area (Å²) in [4.78, 5) is 13.0. The molecular formula is C19H21N3O3. The fourth-order valence-electron chi connectivity index (χ4n) is 3.88. The van der Waals surface area contributed by atoms with Crippen molar-refractivity contribution in [2.75, 3.05) is 19.6 Å². The summed E-state index contributed by atoms with van der Waals surface area (Å²) in [5.41, 5.74) is 2.01. The van der Waals surface area contributed by atoms with Crippen molar-refractivity contribution in [3.8, 4) is 0 Å². The van der Waals surface area contributed by atoms with Crippen molar-refractivity contribution >= 4 is 27.5 Å². The van der Waals surface area contributed by atoms with Crippen molar-refractivity contribution in [3.63, 3.8) is 0 Å². The van der Waals surface area contributed by atoms with Crippen molar-refractivity contribution in [2.45, 2.75) is 25.5 Å². The molecule has 6 heteroatoms. The second kappa shape index (κ2) is 6.46. The molecule has 2 heterocycles. The summed E-state index contributed by atoms with van der Waals surface area (Å²) in [5, 5.41) is 23.5. The Balaban J connectivity index is 1.74. The Bertz CT molecular complexity index is 928. The molecule has 1 N–H and O–H groups in total. The first-order chi connectivity index (χ1) is 12.1. The van der Waals surface area contributed by atoms with Crippen molar-refractivity contribution in [1.82, 2.24) is 9.47 Å². The van der Waals surface area contributed by atoms with Crippen molar-refractivity contribution in [3.05, 3.63) is 52.6 Å². The van der Waals surface area contributed by atoms with Gasteiger partial charge in [-0.25, -0.2) is 0 Å². The standard InChI is InChI=1S/C19H21N3O3/c23-15(12-20-9-3-4-10-20)13-21-18-6-2-1-5-16(18)17-11-14(22(24)25)7-8-19(17)21/h1-2,5-8,11,15,23H,3-4,9-10,12-13H2. The summed E-state index contributed by atoms with van der Waals surface area (Å²) in [6.45, 7) is 3.26. The number of likely N-dealkylation sites (tertiary alicyclic amines) is 1. The van der Waals surface area contributed by atoms with Crippen LogP contribution in [0.5, 0.6) is 0 Å². The first kappa shape index (κ1) is 16.1. The zero-order valence-corrected chi connectivity index (χ0v) is 14.0. The lowest BCUT2D eigenvalue weighted by atomic mass is 10.1. The normalized spacial score (nSPS) is 16.7. The summed E-state index contributed by atoms with van der Waals surface area (Å²) in [6.07, 6.45) is 1.93. The highest BCUT2D eigenvalue weighted by atomic mass is 16.6. The number of β-amino-alcohol motifs (C(OH)–C–C–N with tert-alkyl or cyclic N) is 1. The predicted octanol–water partition coefficient (Wildman–Crippen LogP) is 3.16. The van der Waals surface area contributed by atoms with Gasteiger partial charge in [-0.2, -0.15) is 0 Å². The molecule has 2 aromatic carbocycles. The molecule has 1 aliphatic heterocycles. The number of nitro groups is 1. The van der Waals surface area contributed by atoms with Crippen LogP contribution in [0.4, 0.5) is 5.69 Å². The van der Waals surface area contributed by atoms with Crippen LogP contribution in [-0.2, 0) is 6.54 Å². The van der Waals surface area contributed by atoms with Crippen LogP contribution in [0, 0.1) is 10.1 Å². The quantitative estimate of drug-likeness (QED) is 0.572. The summed E-state index contributed by atoms with van der Waals surface area (Å²) in [7, 11) is 0. The number of nitro benzene ring substituents is 1. The highest BCUT2D eigenvalue weighted by Crippen LogP contribution is 2.31. The Hall–Kier alpha value is -2.44. The summed E-state index contributed by atoms with van der Waals surface area (Å²) in [5.74, 6) is 0. The third-order valence-electron chi connectivity index (χ3n) is 5.03. The molecule has 1 aromatic heterocycles. The zero-order chi connectivity index (χ0) is 17.4. The molecule has 0 bridgehead atoms. The maximum absolute atomic E-state index is 11.1. The Labute approximate surface area is 145 Å². The fourth-order valence-corrected chi connectivity index (χ4v) is 3.88. The van der Waals surface area contributed by atoms with Gasteiger partial charge in [0.15, 0.2) is 0 Å². The molecule has 1 unspecified atom stereocenters. The Morgan fingerprint density at radius 1 is 1.04 bits per heavy atom. The number of para-hydroxylation sites is 1. The van der Waals surface area contributed by atoms with Gasteiger partial charge < -0.3 is 14.6 Å². The minimum atomic E-state index is -0.465. The third-order valence-corrected chi connectivity index (χ3v) is 5.03. The number of benzene rings is 2. The van der Waals surface area contributed by atoms with Gasteiger partial charge in [0, 0.05) is 40.5 Å². The van der Waals surface area contributed by atoms with Gasteiger partial charge in [-0.15, -0.1) is 0 Å². The second-order valence-electron chi connectivity index (χ2n) is 6.75. The van der Waals surface area contributed by atoms with E-state index in [1.165, 1.54) is 18.9 Å². The molecule has 1 aliphatic rings. The molecule has 1 saturated heterocycles. The first-order valence-electron chi connectivity index (χ1n) is 8.69. The number of aromatic nitrogens is 1. The van der Waals surface area contributed by atoms with E-state index < -0.39 is 6.10 Å². The molecule has 6 nitrogen and oxygen atoms in total. The average Bonchev–Trinajstić information content (AvgIpc) is 3.22. The minimum Gasteiger partial charge on any atom is -0.390 e. The molecule has 25 heavy (non-hydrogen) atoms. The van der Waals surface area contributed by atoms with Crippen LogP contribution >= 0.6 is 0 Å². The molecule has 3 aromatic rings. The number of hydrogen-bond donors (Lipinski definition) is 1. The number of rotatable bonds is 5. The minimum absolute atomic E-state index is 0.0908. The highest BCUT2D eigenvalue weighted by Gasteiger charge is 2.19. The smallest absolute Gasteiger partial charge is 0.270 e. The fraction of sp³-hybridized carbons (Fsp3) is 0.368. The van der Waals surface area contributed by atoms with E-state index in [2.05, 4.69) is 9.47 Å². The average molecular weight is 339 g/mol. The summed E-state index contributed by atoms with van der Waals surface area (Å²) in [6, 6.07) is 12.8. The molecule has 130 valence electrons. The second-order valence-corrected chi connectivity index (χ2v) is 6.75. The van der Waals surface area contributed by atoms with Crippen LogP contribution in [0.2, 0.25) is 0 Å². The molecule has 0 spiro atoms. The van der Waals surface area contributed by atoms with E-state index in [1.807, 2.05) is 24.3 Å². The lowest BCUT2D eigenvalue weighted by molar-refractivity contribution is -0.384. The lowest BCUT2D eigenvalue weighted by Gasteiger charge is -2.20. The number of aliphatic hydroxyl groups excluding tert-OH is 1. The van der Waals surface area contributed by atoms with Crippen molar-refractivity contribution < 1.29 is 10.0 Å². The van der Waals surface area contributed by atoms with Gasteiger partial charge >= 0.3 is 0 Å². The molecule has 1 atom stereocenters. The van der Waals surface area contributed by atoms with Gasteiger partial charge in [0.05, 0.1) is 17.6 Å². The Morgan fingerprint density at radius 3 is 2.52 bits per heavy atom. The topological polar surface area (TPSA) is 71.5 Å². The van der Waals surface area contributed by atoms with Gasteiger partial charge in [0.2, 0.25) is 0 Å². The van der Waals surface area contributed by atoms with Crippen molar-refractivity contribution in [1.29, 1.82) is 0 Å². The van der Waals surface area contributed by atoms with Crippen LogP contribution in [0.3, 0.4) is 0 Å². The Kier molecular flexibility index (Phi) is 4.15. The van der Waals surface area contributed by atoms with E-state index in [0.717, 1.165) is 34.9 Å². The molecule has 0 amide bonds.